The SMILES string of the molecule is O=C(NCC(=O)N1CCC2(CCNC2)CC1)c1cccc(Br)c1. The van der Waals surface area contributed by atoms with Gasteiger partial charge in [0.25, 0.3) is 5.91 Å². The zero-order chi connectivity index (χ0) is 16.3. The molecule has 3 rings (SSSR count). The Hall–Kier alpha value is -1.40. The Balaban J connectivity index is 1.47. The van der Waals surface area contributed by atoms with E-state index in [1.54, 1.807) is 18.2 Å². The molecular weight excluding hydrogens is 358 g/mol. The van der Waals surface area contributed by atoms with E-state index in [2.05, 4.69) is 26.6 Å². The van der Waals surface area contributed by atoms with E-state index in [1.807, 2.05) is 11.0 Å². The van der Waals surface area contributed by atoms with Crippen molar-refractivity contribution in [1.29, 1.82) is 0 Å². The van der Waals surface area contributed by atoms with Crippen molar-refractivity contribution in [2.45, 2.75) is 19.3 Å². The van der Waals surface area contributed by atoms with Gasteiger partial charge in [-0.3, -0.25) is 9.59 Å². The third-order valence-corrected chi connectivity index (χ3v) is 5.49. The molecule has 0 aromatic heterocycles. The van der Waals surface area contributed by atoms with E-state index in [0.29, 0.717) is 11.0 Å². The van der Waals surface area contributed by atoms with Crippen molar-refractivity contribution in [2.24, 2.45) is 5.41 Å². The molecular formula is C17H22BrN3O2. The minimum atomic E-state index is -0.215. The summed E-state index contributed by atoms with van der Waals surface area (Å²) in [5, 5.41) is 6.15. The maximum atomic E-state index is 12.3. The lowest BCUT2D eigenvalue weighted by molar-refractivity contribution is -0.132. The Morgan fingerprint density at radius 2 is 2.04 bits per heavy atom. The van der Waals surface area contributed by atoms with Crippen molar-refractivity contribution in [3.63, 3.8) is 0 Å². The van der Waals surface area contributed by atoms with E-state index in [9.17, 15) is 9.59 Å². The quantitative estimate of drug-likeness (QED) is 0.841. The second-order valence-electron chi connectivity index (χ2n) is 6.50. The first-order chi connectivity index (χ1) is 11.1. The highest BCUT2D eigenvalue weighted by Crippen LogP contribution is 2.36. The lowest BCUT2D eigenvalue weighted by atomic mass is 9.78. The van der Waals surface area contributed by atoms with E-state index in [1.165, 1.54) is 6.42 Å². The lowest BCUT2D eigenvalue weighted by Crippen LogP contribution is -2.47. The zero-order valence-electron chi connectivity index (χ0n) is 13.1. The molecule has 5 nitrogen and oxygen atoms in total. The minimum absolute atomic E-state index is 0.00847. The molecule has 2 N–H and O–H groups in total. The van der Waals surface area contributed by atoms with Gasteiger partial charge in [-0.15, -0.1) is 0 Å². The average Bonchev–Trinajstić information content (AvgIpc) is 3.01. The standard InChI is InChI=1S/C17H22BrN3O2/c18-14-3-1-2-13(10-14)16(23)20-11-15(22)21-8-5-17(6-9-21)4-7-19-12-17/h1-3,10,19H,4-9,11-12H2,(H,20,23). The molecule has 1 aromatic rings. The van der Waals surface area contributed by atoms with Crippen molar-refractivity contribution < 1.29 is 9.59 Å². The van der Waals surface area contributed by atoms with Crippen molar-refractivity contribution in [3.05, 3.63) is 34.3 Å². The van der Waals surface area contributed by atoms with Crippen LogP contribution in [0, 0.1) is 5.41 Å². The van der Waals surface area contributed by atoms with Crippen LogP contribution in [0.1, 0.15) is 29.6 Å². The number of hydrogen-bond acceptors (Lipinski definition) is 3. The predicted molar refractivity (Wildman–Crippen MR) is 92.2 cm³/mol. The second-order valence-corrected chi connectivity index (χ2v) is 7.42. The third kappa shape index (κ3) is 3.93. The molecule has 2 fully saturated rings. The summed E-state index contributed by atoms with van der Waals surface area (Å²) in [6.07, 6.45) is 3.34. The number of carbonyl (C=O) groups is 2. The Morgan fingerprint density at radius 1 is 1.26 bits per heavy atom. The topological polar surface area (TPSA) is 61.4 Å². The number of benzene rings is 1. The van der Waals surface area contributed by atoms with Crippen molar-refractivity contribution in [1.82, 2.24) is 15.5 Å². The molecule has 6 heteroatoms. The van der Waals surface area contributed by atoms with Crippen molar-refractivity contribution in [2.75, 3.05) is 32.7 Å². The van der Waals surface area contributed by atoms with Gasteiger partial charge in [0.2, 0.25) is 5.91 Å². The molecule has 2 aliphatic heterocycles. The van der Waals surface area contributed by atoms with E-state index in [4.69, 9.17) is 0 Å². The first-order valence-corrected chi connectivity index (χ1v) is 8.90. The van der Waals surface area contributed by atoms with Crippen LogP contribution in [0.2, 0.25) is 0 Å². The van der Waals surface area contributed by atoms with E-state index >= 15 is 0 Å². The fourth-order valence-electron chi connectivity index (χ4n) is 3.45. The summed E-state index contributed by atoms with van der Waals surface area (Å²) >= 11 is 3.34. The number of halogens is 1. The molecule has 0 atom stereocenters. The monoisotopic (exact) mass is 379 g/mol. The summed E-state index contributed by atoms with van der Waals surface area (Å²) in [6, 6.07) is 7.16. The molecule has 124 valence electrons. The molecule has 2 aliphatic rings. The fraction of sp³-hybridized carbons (Fsp3) is 0.529. The first-order valence-electron chi connectivity index (χ1n) is 8.10. The molecule has 1 spiro atoms. The second kappa shape index (κ2) is 7.01. The van der Waals surface area contributed by atoms with Crippen LogP contribution in [0.5, 0.6) is 0 Å². The molecule has 0 aliphatic carbocycles. The number of nitrogens with one attached hydrogen (secondary N) is 2. The number of likely N-dealkylation sites (tertiary alicyclic amines) is 1. The smallest absolute Gasteiger partial charge is 0.251 e. The van der Waals surface area contributed by atoms with Gasteiger partial charge < -0.3 is 15.5 Å². The highest BCUT2D eigenvalue weighted by molar-refractivity contribution is 9.10. The van der Waals surface area contributed by atoms with Gasteiger partial charge in [-0.25, -0.2) is 0 Å². The molecule has 0 unspecified atom stereocenters. The van der Waals surface area contributed by atoms with Gasteiger partial charge in [0.15, 0.2) is 0 Å². The van der Waals surface area contributed by atoms with Crippen LogP contribution in [0.15, 0.2) is 28.7 Å². The Kier molecular flexibility index (Phi) is 5.02. The predicted octanol–water partition coefficient (Wildman–Crippen LogP) is 1.78. The van der Waals surface area contributed by atoms with Gasteiger partial charge in [0.1, 0.15) is 0 Å². The highest BCUT2D eigenvalue weighted by atomic mass is 79.9. The number of nitrogens with zero attached hydrogens (tertiary/aromatic N) is 1. The Labute approximate surface area is 144 Å². The number of hydrogen-bond donors (Lipinski definition) is 2. The molecule has 2 saturated heterocycles. The Bertz CT molecular complexity index is 589. The van der Waals surface area contributed by atoms with Crippen LogP contribution >= 0.6 is 15.9 Å². The fourth-order valence-corrected chi connectivity index (χ4v) is 3.85. The van der Waals surface area contributed by atoms with Crippen molar-refractivity contribution in [3.8, 4) is 0 Å². The first kappa shape index (κ1) is 16.5. The average molecular weight is 380 g/mol. The van der Waals surface area contributed by atoms with Crippen molar-refractivity contribution >= 4 is 27.7 Å². The molecule has 0 bridgehead atoms. The molecule has 0 radical (unpaired) electrons. The van der Waals surface area contributed by atoms with Crippen LogP contribution in [-0.2, 0) is 4.79 Å². The molecule has 2 heterocycles. The number of carbonyl (C=O) groups excluding carboxylic acids is 2. The summed E-state index contributed by atoms with van der Waals surface area (Å²) in [5.41, 5.74) is 0.956. The highest BCUT2D eigenvalue weighted by Gasteiger charge is 2.37. The van der Waals surface area contributed by atoms with Gasteiger partial charge >= 0.3 is 0 Å². The van der Waals surface area contributed by atoms with Gasteiger partial charge in [0.05, 0.1) is 6.54 Å². The van der Waals surface area contributed by atoms with Gasteiger partial charge in [-0.05, 0) is 49.4 Å². The van der Waals surface area contributed by atoms with Gasteiger partial charge in [0, 0.05) is 29.7 Å². The Morgan fingerprint density at radius 3 is 2.70 bits per heavy atom. The van der Waals surface area contributed by atoms with Gasteiger partial charge in [-0.1, -0.05) is 22.0 Å². The molecule has 1 aromatic carbocycles. The third-order valence-electron chi connectivity index (χ3n) is 5.00. The van der Waals surface area contributed by atoms with Crippen LogP contribution in [0.3, 0.4) is 0 Å². The summed E-state index contributed by atoms with van der Waals surface area (Å²) in [7, 11) is 0. The summed E-state index contributed by atoms with van der Waals surface area (Å²) in [5.74, 6) is -0.206. The number of piperidine rings is 1. The van der Waals surface area contributed by atoms with Crippen LogP contribution in [0.25, 0.3) is 0 Å². The van der Waals surface area contributed by atoms with Crippen LogP contribution in [-0.4, -0.2) is 49.4 Å². The normalized spacial score (nSPS) is 19.8. The van der Waals surface area contributed by atoms with E-state index < -0.39 is 0 Å². The molecule has 2 amide bonds. The maximum absolute atomic E-state index is 12.3. The number of rotatable bonds is 3. The summed E-state index contributed by atoms with van der Waals surface area (Å²) in [6.45, 7) is 3.84. The zero-order valence-corrected chi connectivity index (χ0v) is 14.7. The van der Waals surface area contributed by atoms with Crippen LogP contribution in [0.4, 0.5) is 0 Å². The summed E-state index contributed by atoms with van der Waals surface area (Å²) in [4.78, 5) is 26.2. The molecule has 0 saturated carbocycles. The van der Waals surface area contributed by atoms with E-state index in [-0.39, 0.29) is 18.4 Å². The largest absolute Gasteiger partial charge is 0.343 e. The number of amides is 2. The summed E-state index contributed by atoms with van der Waals surface area (Å²) < 4.78 is 0.850. The maximum Gasteiger partial charge on any atom is 0.251 e. The minimum Gasteiger partial charge on any atom is -0.343 e. The van der Waals surface area contributed by atoms with E-state index in [0.717, 1.165) is 43.5 Å². The molecule has 23 heavy (non-hydrogen) atoms. The van der Waals surface area contributed by atoms with Gasteiger partial charge in [-0.2, -0.15) is 0 Å². The lowest BCUT2D eigenvalue weighted by Gasteiger charge is -2.38. The van der Waals surface area contributed by atoms with Crippen LogP contribution < -0.4 is 10.6 Å².